The maximum Gasteiger partial charge on any atom is 0.243 e. The van der Waals surface area contributed by atoms with E-state index in [2.05, 4.69) is 36.4 Å². The molecule has 0 radical (unpaired) electrons. The number of nitrogens with zero attached hydrogens (tertiary/aromatic N) is 2. The Hall–Kier alpha value is -3.38. The molecular formula is C28H35N3O3. The molecule has 3 aromatic rings. The molecule has 0 heterocycles. The molecule has 180 valence electrons. The van der Waals surface area contributed by atoms with Gasteiger partial charge < -0.3 is 9.80 Å². The van der Waals surface area contributed by atoms with Gasteiger partial charge in [-0.1, -0.05) is 61.0 Å². The third-order valence-corrected chi connectivity index (χ3v) is 6.15. The van der Waals surface area contributed by atoms with E-state index < -0.39 is 0 Å². The molecule has 0 bridgehead atoms. The van der Waals surface area contributed by atoms with Gasteiger partial charge in [-0.05, 0) is 53.3 Å². The maximum absolute atomic E-state index is 13.3. The minimum absolute atomic E-state index is 0.117. The number of nitrogens with one attached hydrogen (secondary N) is 1. The van der Waals surface area contributed by atoms with E-state index in [1.807, 2.05) is 54.2 Å². The van der Waals surface area contributed by atoms with Crippen LogP contribution in [-0.4, -0.2) is 49.1 Å². The number of fused-ring (bicyclic) bond motifs is 1. The van der Waals surface area contributed by atoms with Crippen LogP contribution >= 0.6 is 0 Å². The molecule has 0 saturated heterocycles. The predicted octanol–water partition coefficient (Wildman–Crippen LogP) is 4.59. The second-order valence-corrected chi connectivity index (χ2v) is 8.85. The van der Waals surface area contributed by atoms with Crippen molar-refractivity contribution in [3.8, 4) is 0 Å². The molecule has 0 spiro atoms. The zero-order chi connectivity index (χ0) is 24.3. The van der Waals surface area contributed by atoms with Gasteiger partial charge in [0.05, 0.1) is 6.42 Å². The first-order chi connectivity index (χ1) is 16.5. The molecule has 0 atom stereocenters. The number of carbonyl (C=O) groups excluding carboxylic acids is 2. The summed E-state index contributed by atoms with van der Waals surface area (Å²) in [6, 6.07) is 22.8. The second kappa shape index (κ2) is 12.8. The van der Waals surface area contributed by atoms with Crippen LogP contribution in [0, 0.1) is 0 Å². The van der Waals surface area contributed by atoms with Gasteiger partial charge in [-0.3, -0.25) is 14.8 Å². The Kier molecular flexibility index (Phi) is 9.47. The number of benzene rings is 3. The van der Waals surface area contributed by atoms with Crippen molar-refractivity contribution in [2.75, 3.05) is 32.1 Å². The minimum atomic E-state index is -0.370. The number of hydrogen-bond donors (Lipinski definition) is 2. The van der Waals surface area contributed by atoms with E-state index in [1.165, 1.54) is 16.3 Å². The summed E-state index contributed by atoms with van der Waals surface area (Å²) in [5.74, 6) is -0.254. The van der Waals surface area contributed by atoms with Crippen LogP contribution < -0.4 is 10.4 Å². The molecular weight excluding hydrogens is 426 g/mol. The molecule has 6 nitrogen and oxygen atoms in total. The van der Waals surface area contributed by atoms with Gasteiger partial charge in [-0.2, -0.15) is 0 Å². The summed E-state index contributed by atoms with van der Waals surface area (Å²) < 4.78 is 0. The molecule has 34 heavy (non-hydrogen) atoms. The standard InChI is InChI=1S/C28H35N3O3/c1-30(2)25-16-14-22(15-17-25)21-28(33)31(19-7-3-4-13-27(32)29-34)20-18-24-11-8-10-23-9-5-6-12-26(23)24/h5-6,8-12,14-17,34H,3-4,7,13,18-21H2,1-2H3,(H,29,32). The molecule has 3 aromatic carbocycles. The average Bonchev–Trinajstić information content (AvgIpc) is 2.85. The fourth-order valence-electron chi connectivity index (χ4n) is 4.15. The third kappa shape index (κ3) is 7.32. The largest absolute Gasteiger partial charge is 0.378 e. The molecule has 0 aliphatic heterocycles. The SMILES string of the molecule is CN(C)c1ccc(CC(=O)N(CCCCCC(=O)NO)CCc2cccc3ccccc23)cc1. The lowest BCUT2D eigenvalue weighted by Crippen LogP contribution is -2.35. The number of rotatable bonds is 12. The topological polar surface area (TPSA) is 72.9 Å². The lowest BCUT2D eigenvalue weighted by atomic mass is 10.0. The van der Waals surface area contributed by atoms with Crippen LogP contribution in [0.3, 0.4) is 0 Å². The molecule has 0 aromatic heterocycles. The first kappa shape index (κ1) is 25.2. The van der Waals surface area contributed by atoms with Gasteiger partial charge in [0.25, 0.3) is 0 Å². The van der Waals surface area contributed by atoms with Crippen LogP contribution in [0.25, 0.3) is 10.8 Å². The zero-order valence-corrected chi connectivity index (χ0v) is 20.2. The first-order valence-electron chi connectivity index (χ1n) is 11.9. The molecule has 3 rings (SSSR count). The molecule has 0 fully saturated rings. The fourth-order valence-corrected chi connectivity index (χ4v) is 4.15. The van der Waals surface area contributed by atoms with Gasteiger partial charge in [0.1, 0.15) is 0 Å². The summed E-state index contributed by atoms with van der Waals surface area (Å²) in [7, 11) is 4.00. The lowest BCUT2D eigenvalue weighted by Gasteiger charge is -2.23. The van der Waals surface area contributed by atoms with Crippen LogP contribution in [-0.2, 0) is 22.4 Å². The lowest BCUT2D eigenvalue weighted by molar-refractivity contribution is -0.131. The molecule has 2 N–H and O–H groups in total. The Morgan fingerprint density at radius 3 is 2.32 bits per heavy atom. The highest BCUT2D eigenvalue weighted by molar-refractivity contribution is 5.85. The summed E-state index contributed by atoms with van der Waals surface area (Å²) in [4.78, 5) is 28.5. The van der Waals surface area contributed by atoms with Crippen LogP contribution in [0.4, 0.5) is 5.69 Å². The van der Waals surface area contributed by atoms with Crippen molar-refractivity contribution in [2.45, 2.75) is 38.5 Å². The van der Waals surface area contributed by atoms with Crippen molar-refractivity contribution < 1.29 is 14.8 Å². The summed E-state index contributed by atoms with van der Waals surface area (Å²) in [5.41, 5.74) is 5.02. The van der Waals surface area contributed by atoms with Gasteiger partial charge in [-0.25, -0.2) is 5.48 Å². The van der Waals surface area contributed by atoms with Gasteiger partial charge in [0.2, 0.25) is 11.8 Å². The fraction of sp³-hybridized carbons (Fsp3) is 0.357. The van der Waals surface area contributed by atoms with Crippen LogP contribution in [0.5, 0.6) is 0 Å². The van der Waals surface area contributed by atoms with E-state index >= 15 is 0 Å². The predicted molar refractivity (Wildman–Crippen MR) is 137 cm³/mol. The molecule has 6 heteroatoms. The Balaban J connectivity index is 1.65. The zero-order valence-electron chi connectivity index (χ0n) is 20.2. The second-order valence-electron chi connectivity index (χ2n) is 8.85. The highest BCUT2D eigenvalue weighted by Crippen LogP contribution is 2.20. The van der Waals surface area contributed by atoms with E-state index in [-0.39, 0.29) is 11.8 Å². The van der Waals surface area contributed by atoms with Crippen molar-refractivity contribution in [1.82, 2.24) is 10.4 Å². The quantitative estimate of drug-likeness (QED) is 0.235. The third-order valence-electron chi connectivity index (χ3n) is 6.15. The number of anilines is 1. The Morgan fingerprint density at radius 1 is 0.853 bits per heavy atom. The van der Waals surface area contributed by atoms with Crippen molar-refractivity contribution in [1.29, 1.82) is 0 Å². The monoisotopic (exact) mass is 461 g/mol. The highest BCUT2D eigenvalue weighted by atomic mass is 16.5. The van der Waals surface area contributed by atoms with E-state index in [0.29, 0.717) is 32.4 Å². The van der Waals surface area contributed by atoms with E-state index in [0.717, 1.165) is 30.5 Å². The number of carbonyl (C=O) groups is 2. The number of unbranched alkanes of at least 4 members (excludes halogenated alkanes) is 2. The Bertz CT molecular complexity index is 1070. The van der Waals surface area contributed by atoms with E-state index in [1.54, 1.807) is 5.48 Å². The van der Waals surface area contributed by atoms with Crippen LogP contribution in [0.2, 0.25) is 0 Å². The number of hydrogen-bond acceptors (Lipinski definition) is 4. The van der Waals surface area contributed by atoms with Crippen molar-refractivity contribution >= 4 is 28.3 Å². The molecule has 2 amide bonds. The Morgan fingerprint density at radius 2 is 1.59 bits per heavy atom. The summed E-state index contributed by atoms with van der Waals surface area (Å²) in [6.45, 7) is 1.31. The van der Waals surface area contributed by atoms with Gasteiger partial charge in [0.15, 0.2) is 0 Å². The normalized spacial score (nSPS) is 10.8. The maximum atomic E-state index is 13.3. The van der Waals surface area contributed by atoms with Crippen molar-refractivity contribution in [3.63, 3.8) is 0 Å². The number of hydroxylamine groups is 1. The summed E-state index contributed by atoms with van der Waals surface area (Å²) >= 11 is 0. The van der Waals surface area contributed by atoms with Crippen LogP contribution in [0.15, 0.2) is 66.7 Å². The molecule has 0 unspecified atom stereocenters. The number of amides is 2. The van der Waals surface area contributed by atoms with Gasteiger partial charge in [-0.15, -0.1) is 0 Å². The Labute approximate surface area is 202 Å². The average molecular weight is 462 g/mol. The smallest absolute Gasteiger partial charge is 0.243 e. The minimum Gasteiger partial charge on any atom is -0.378 e. The first-order valence-corrected chi connectivity index (χ1v) is 11.9. The van der Waals surface area contributed by atoms with Gasteiger partial charge in [0, 0.05) is 39.3 Å². The van der Waals surface area contributed by atoms with Crippen molar-refractivity contribution in [2.24, 2.45) is 0 Å². The van der Waals surface area contributed by atoms with E-state index in [4.69, 9.17) is 5.21 Å². The highest BCUT2D eigenvalue weighted by Gasteiger charge is 2.15. The van der Waals surface area contributed by atoms with Crippen molar-refractivity contribution in [3.05, 3.63) is 77.9 Å². The molecule has 0 aliphatic rings. The summed E-state index contributed by atoms with van der Waals surface area (Å²) in [5, 5.41) is 11.1. The van der Waals surface area contributed by atoms with E-state index in [9.17, 15) is 9.59 Å². The molecule has 0 saturated carbocycles. The van der Waals surface area contributed by atoms with Crippen LogP contribution in [0.1, 0.15) is 36.8 Å². The molecule has 0 aliphatic carbocycles. The van der Waals surface area contributed by atoms with Gasteiger partial charge >= 0.3 is 0 Å². The summed E-state index contributed by atoms with van der Waals surface area (Å²) in [6.07, 6.45) is 3.78.